The molecule has 1 aromatic rings. The molecule has 4 amide bonds. The molecular weight excluding hydrogens is 456 g/mol. The number of hydrogen-bond acceptors (Lipinski definition) is 6. The van der Waals surface area contributed by atoms with Gasteiger partial charge in [0.15, 0.2) is 0 Å². The molecule has 12 heteroatoms. The summed E-state index contributed by atoms with van der Waals surface area (Å²) in [4.78, 5) is 72.3. The van der Waals surface area contributed by atoms with Gasteiger partial charge in [0, 0.05) is 19.0 Å². The van der Waals surface area contributed by atoms with Crippen LogP contribution in [0.25, 0.3) is 0 Å². The number of benzene rings is 1. The molecule has 2 rings (SSSR count). The molecule has 0 radical (unpaired) electrons. The van der Waals surface area contributed by atoms with E-state index in [2.05, 4.69) is 16.0 Å². The molecule has 1 aliphatic rings. The van der Waals surface area contributed by atoms with E-state index in [-0.39, 0.29) is 23.0 Å². The van der Waals surface area contributed by atoms with Gasteiger partial charge in [0.2, 0.25) is 17.7 Å². The Bertz CT molecular complexity index is 968. The molecule has 1 aromatic carbocycles. The number of hydrogen-bond donors (Lipinski definition) is 4. The maximum absolute atomic E-state index is 12.9. The Hall–Kier alpha value is -3.47. The highest BCUT2D eigenvalue weighted by atomic mass is 35.5. The van der Waals surface area contributed by atoms with E-state index < -0.39 is 48.2 Å². The summed E-state index contributed by atoms with van der Waals surface area (Å²) in [6, 6.07) is 1.22. The normalized spacial score (nSPS) is 16.9. The van der Waals surface area contributed by atoms with Crippen molar-refractivity contribution >= 4 is 53.2 Å². The van der Waals surface area contributed by atoms with Gasteiger partial charge in [0.25, 0.3) is 5.91 Å². The van der Waals surface area contributed by atoms with Gasteiger partial charge in [0.1, 0.15) is 18.4 Å². The van der Waals surface area contributed by atoms with Crippen LogP contribution in [0.2, 0.25) is 5.02 Å². The lowest BCUT2D eigenvalue weighted by Crippen LogP contribution is -2.54. The lowest BCUT2D eigenvalue weighted by molar-refractivity contribution is -0.141. The molecule has 178 valence electrons. The topological polar surface area (TPSA) is 162 Å². The molecule has 1 saturated heterocycles. The van der Waals surface area contributed by atoms with Gasteiger partial charge >= 0.3 is 5.97 Å². The van der Waals surface area contributed by atoms with Crippen LogP contribution in [0.5, 0.6) is 0 Å². The highest BCUT2D eigenvalue weighted by Gasteiger charge is 2.37. The summed E-state index contributed by atoms with van der Waals surface area (Å²) in [6.45, 7) is 3.07. The predicted octanol–water partition coefficient (Wildman–Crippen LogP) is 0.566. The number of carbonyl (C=O) groups is 6. The molecule has 4 N–H and O–H groups in total. The Balaban J connectivity index is 2.03. The summed E-state index contributed by atoms with van der Waals surface area (Å²) in [5.41, 5.74) is 0.513. The third-order valence-corrected chi connectivity index (χ3v) is 5.30. The third-order valence-electron chi connectivity index (χ3n) is 4.98. The number of likely N-dealkylation sites (tertiary alicyclic amines) is 1. The second-order valence-electron chi connectivity index (χ2n) is 7.61. The number of carbonyl (C=O) groups excluding carboxylic acids is 5. The molecule has 1 unspecified atom stereocenters. The molecule has 0 aromatic heterocycles. The third kappa shape index (κ3) is 7.01. The molecule has 33 heavy (non-hydrogen) atoms. The summed E-state index contributed by atoms with van der Waals surface area (Å²) < 4.78 is 0. The number of anilines is 1. The van der Waals surface area contributed by atoms with E-state index in [0.717, 1.165) is 0 Å². The van der Waals surface area contributed by atoms with Crippen molar-refractivity contribution in [3.63, 3.8) is 0 Å². The first kappa shape index (κ1) is 25.8. The quantitative estimate of drug-likeness (QED) is 0.375. The van der Waals surface area contributed by atoms with E-state index >= 15 is 0 Å². The smallest absolute Gasteiger partial charge is 0.305 e. The van der Waals surface area contributed by atoms with Gasteiger partial charge in [-0.25, -0.2) is 0 Å². The SMILES string of the molecule is CC(=O)Nc1ccc(C(=O)N[C@@H](C)C(=O)N2CCC[C@H]2C(=O)NC(C=O)CC(=O)O)cc1Cl. The summed E-state index contributed by atoms with van der Waals surface area (Å²) in [6.07, 6.45) is 0.649. The van der Waals surface area contributed by atoms with Gasteiger partial charge in [-0.15, -0.1) is 0 Å². The molecule has 0 bridgehead atoms. The van der Waals surface area contributed by atoms with E-state index in [9.17, 15) is 28.8 Å². The molecule has 11 nitrogen and oxygen atoms in total. The minimum atomic E-state index is -1.24. The number of amides is 4. The largest absolute Gasteiger partial charge is 0.481 e. The lowest BCUT2D eigenvalue weighted by Gasteiger charge is -2.27. The zero-order valence-corrected chi connectivity index (χ0v) is 18.8. The summed E-state index contributed by atoms with van der Waals surface area (Å²) in [5, 5.41) is 16.4. The van der Waals surface area contributed by atoms with Crippen molar-refractivity contribution < 1.29 is 33.9 Å². The van der Waals surface area contributed by atoms with Crippen LogP contribution in [-0.2, 0) is 24.0 Å². The monoisotopic (exact) mass is 480 g/mol. The number of nitrogens with one attached hydrogen (secondary N) is 3. The van der Waals surface area contributed by atoms with Crippen molar-refractivity contribution in [2.24, 2.45) is 0 Å². The Labute approximate surface area is 194 Å². The Morgan fingerprint density at radius 1 is 1.24 bits per heavy atom. The Morgan fingerprint density at radius 2 is 1.94 bits per heavy atom. The summed E-state index contributed by atoms with van der Waals surface area (Å²) in [7, 11) is 0. The molecule has 3 atom stereocenters. The molecule has 1 fully saturated rings. The first-order valence-electron chi connectivity index (χ1n) is 10.2. The Kier molecular flexibility index (Phi) is 8.92. The maximum atomic E-state index is 12.9. The zero-order chi connectivity index (χ0) is 24.7. The minimum absolute atomic E-state index is 0.152. The zero-order valence-electron chi connectivity index (χ0n) is 18.1. The first-order valence-corrected chi connectivity index (χ1v) is 10.6. The van der Waals surface area contributed by atoms with Crippen molar-refractivity contribution in [3.8, 4) is 0 Å². The molecular formula is C21H25ClN4O7. The number of carboxylic acids is 1. The molecule has 0 saturated carbocycles. The van der Waals surface area contributed by atoms with Crippen LogP contribution >= 0.6 is 11.6 Å². The average Bonchev–Trinajstić information content (AvgIpc) is 3.23. The molecule has 0 aliphatic carbocycles. The standard InChI is InChI=1S/C21H25ClN4O7/c1-11(23-19(31)13-5-6-16(15(22)8-13)24-12(2)28)21(33)26-7-3-4-17(26)20(32)25-14(10-27)9-18(29)30/h5-6,8,10-11,14,17H,3-4,7,9H2,1-2H3,(H,23,31)(H,24,28)(H,25,32)(H,29,30)/t11-,14?,17-/m0/s1. The van der Waals surface area contributed by atoms with Crippen LogP contribution in [0.3, 0.4) is 0 Å². The van der Waals surface area contributed by atoms with Crippen LogP contribution in [0.4, 0.5) is 5.69 Å². The van der Waals surface area contributed by atoms with Crippen LogP contribution in [0.15, 0.2) is 18.2 Å². The number of nitrogens with zero attached hydrogens (tertiary/aromatic N) is 1. The molecule has 0 spiro atoms. The van der Waals surface area contributed by atoms with Crippen LogP contribution in [-0.4, -0.2) is 70.6 Å². The fraction of sp³-hybridized carbons (Fsp3) is 0.429. The van der Waals surface area contributed by atoms with Crippen LogP contribution in [0.1, 0.15) is 43.5 Å². The van der Waals surface area contributed by atoms with Crippen molar-refractivity contribution in [2.75, 3.05) is 11.9 Å². The highest BCUT2D eigenvalue weighted by molar-refractivity contribution is 6.34. The lowest BCUT2D eigenvalue weighted by atomic mass is 10.1. The van der Waals surface area contributed by atoms with E-state index in [1.54, 1.807) is 0 Å². The van der Waals surface area contributed by atoms with Crippen molar-refractivity contribution in [3.05, 3.63) is 28.8 Å². The van der Waals surface area contributed by atoms with Gasteiger partial charge in [-0.2, -0.15) is 0 Å². The summed E-state index contributed by atoms with van der Waals surface area (Å²) in [5.74, 6) is -3.26. The van der Waals surface area contributed by atoms with Crippen molar-refractivity contribution in [1.29, 1.82) is 0 Å². The van der Waals surface area contributed by atoms with E-state index in [1.165, 1.54) is 36.9 Å². The van der Waals surface area contributed by atoms with Crippen LogP contribution in [0, 0.1) is 0 Å². The van der Waals surface area contributed by atoms with Crippen LogP contribution < -0.4 is 16.0 Å². The second kappa shape index (κ2) is 11.4. The van der Waals surface area contributed by atoms with Gasteiger partial charge in [-0.3, -0.25) is 24.0 Å². The second-order valence-corrected chi connectivity index (χ2v) is 8.02. The van der Waals surface area contributed by atoms with E-state index in [1.807, 2.05) is 0 Å². The Morgan fingerprint density at radius 3 is 2.52 bits per heavy atom. The highest BCUT2D eigenvalue weighted by Crippen LogP contribution is 2.23. The van der Waals surface area contributed by atoms with Gasteiger partial charge < -0.3 is 30.8 Å². The van der Waals surface area contributed by atoms with Gasteiger partial charge in [0.05, 0.1) is 23.2 Å². The number of aliphatic carboxylic acids is 1. The predicted molar refractivity (Wildman–Crippen MR) is 118 cm³/mol. The van der Waals surface area contributed by atoms with E-state index in [4.69, 9.17) is 16.7 Å². The van der Waals surface area contributed by atoms with Crippen molar-refractivity contribution in [1.82, 2.24) is 15.5 Å². The number of aldehydes is 1. The van der Waals surface area contributed by atoms with Gasteiger partial charge in [-0.05, 0) is 38.0 Å². The molecule has 1 heterocycles. The fourth-order valence-electron chi connectivity index (χ4n) is 3.44. The molecule has 1 aliphatic heterocycles. The first-order chi connectivity index (χ1) is 15.5. The van der Waals surface area contributed by atoms with E-state index in [0.29, 0.717) is 24.8 Å². The average molecular weight is 481 g/mol. The maximum Gasteiger partial charge on any atom is 0.305 e. The summed E-state index contributed by atoms with van der Waals surface area (Å²) >= 11 is 6.08. The number of carboxylic acid groups (broad SMARTS) is 1. The number of halogens is 1. The number of rotatable bonds is 9. The van der Waals surface area contributed by atoms with Gasteiger partial charge in [-0.1, -0.05) is 11.6 Å². The fourth-order valence-corrected chi connectivity index (χ4v) is 3.67. The van der Waals surface area contributed by atoms with Crippen molar-refractivity contribution in [2.45, 2.75) is 51.2 Å². The minimum Gasteiger partial charge on any atom is -0.481 e.